The lowest BCUT2D eigenvalue weighted by molar-refractivity contribution is 0.0736. The van der Waals surface area contributed by atoms with Crippen molar-refractivity contribution in [2.45, 2.75) is 52.0 Å². The molecule has 0 aliphatic carbocycles. The van der Waals surface area contributed by atoms with E-state index in [1.54, 1.807) is 0 Å². The SMILES string of the molecule is Cc1cc(CCC[C@@H]2COCCN2)cc(C(C)C)c1F. The molecule has 1 N–H and O–H groups in total. The lowest BCUT2D eigenvalue weighted by atomic mass is 9.94. The highest BCUT2D eigenvalue weighted by Crippen LogP contribution is 2.24. The van der Waals surface area contributed by atoms with Crippen LogP contribution in [-0.2, 0) is 11.2 Å². The molecule has 0 radical (unpaired) electrons. The summed E-state index contributed by atoms with van der Waals surface area (Å²) >= 11 is 0. The molecule has 1 saturated heterocycles. The quantitative estimate of drug-likeness (QED) is 0.889. The van der Waals surface area contributed by atoms with Crippen molar-refractivity contribution < 1.29 is 9.13 Å². The Bertz CT molecular complexity index is 439. The molecule has 3 heteroatoms. The summed E-state index contributed by atoms with van der Waals surface area (Å²) in [7, 11) is 0. The first-order chi connectivity index (χ1) is 9.58. The zero-order chi connectivity index (χ0) is 14.5. The molecule has 1 aromatic carbocycles. The van der Waals surface area contributed by atoms with Gasteiger partial charge in [-0.25, -0.2) is 4.39 Å². The second kappa shape index (κ2) is 7.19. The first kappa shape index (κ1) is 15.5. The maximum atomic E-state index is 14.0. The minimum atomic E-state index is -0.0360. The fraction of sp³-hybridized carbons (Fsp3) is 0.647. The molecular formula is C17H26FNO. The normalized spacial score (nSPS) is 19.6. The first-order valence-corrected chi connectivity index (χ1v) is 7.68. The Balaban J connectivity index is 1.92. The molecule has 112 valence electrons. The monoisotopic (exact) mass is 279 g/mol. The molecule has 1 heterocycles. The first-order valence-electron chi connectivity index (χ1n) is 7.68. The molecule has 1 aliphatic heterocycles. The van der Waals surface area contributed by atoms with Crippen molar-refractivity contribution in [1.82, 2.24) is 5.32 Å². The second-order valence-corrected chi connectivity index (χ2v) is 6.09. The van der Waals surface area contributed by atoms with Gasteiger partial charge in [0.15, 0.2) is 0 Å². The van der Waals surface area contributed by atoms with Crippen LogP contribution in [0.2, 0.25) is 0 Å². The number of halogens is 1. The highest BCUT2D eigenvalue weighted by atomic mass is 19.1. The van der Waals surface area contributed by atoms with E-state index in [2.05, 4.69) is 5.32 Å². The molecule has 2 rings (SSSR count). The van der Waals surface area contributed by atoms with Gasteiger partial charge < -0.3 is 10.1 Å². The van der Waals surface area contributed by atoms with Gasteiger partial charge in [-0.1, -0.05) is 26.0 Å². The highest BCUT2D eigenvalue weighted by Gasteiger charge is 2.14. The zero-order valence-electron chi connectivity index (χ0n) is 12.8. The maximum absolute atomic E-state index is 14.0. The fourth-order valence-electron chi connectivity index (χ4n) is 2.80. The van der Waals surface area contributed by atoms with E-state index < -0.39 is 0 Å². The van der Waals surface area contributed by atoms with Gasteiger partial charge in [0, 0.05) is 12.6 Å². The Hall–Kier alpha value is -0.930. The van der Waals surface area contributed by atoms with Crippen LogP contribution in [0.1, 0.15) is 49.3 Å². The van der Waals surface area contributed by atoms with Gasteiger partial charge in [0.05, 0.1) is 13.2 Å². The number of morpholine rings is 1. The van der Waals surface area contributed by atoms with Gasteiger partial charge in [-0.2, -0.15) is 0 Å². The molecule has 1 aromatic rings. The van der Waals surface area contributed by atoms with Crippen LogP contribution in [0.25, 0.3) is 0 Å². The summed E-state index contributed by atoms with van der Waals surface area (Å²) in [6.07, 6.45) is 3.25. The summed E-state index contributed by atoms with van der Waals surface area (Å²) in [4.78, 5) is 0. The lowest BCUT2D eigenvalue weighted by Crippen LogP contribution is -2.41. The molecular weight excluding hydrogens is 253 g/mol. The van der Waals surface area contributed by atoms with Crippen LogP contribution in [0.5, 0.6) is 0 Å². The predicted molar refractivity (Wildman–Crippen MR) is 80.8 cm³/mol. The molecule has 0 bridgehead atoms. The number of rotatable bonds is 5. The van der Waals surface area contributed by atoms with Crippen LogP contribution in [0.4, 0.5) is 4.39 Å². The number of benzene rings is 1. The van der Waals surface area contributed by atoms with Crippen molar-refractivity contribution in [3.05, 3.63) is 34.6 Å². The van der Waals surface area contributed by atoms with Crippen molar-refractivity contribution in [3.8, 4) is 0 Å². The Morgan fingerprint density at radius 3 is 2.85 bits per heavy atom. The van der Waals surface area contributed by atoms with Crippen LogP contribution >= 0.6 is 0 Å². The molecule has 1 atom stereocenters. The minimum Gasteiger partial charge on any atom is -0.379 e. The van der Waals surface area contributed by atoms with Crippen LogP contribution < -0.4 is 5.32 Å². The van der Waals surface area contributed by atoms with Crippen LogP contribution in [0.15, 0.2) is 12.1 Å². The molecule has 0 amide bonds. The topological polar surface area (TPSA) is 21.3 Å². The van der Waals surface area contributed by atoms with Gasteiger partial charge in [0.2, 0.25) is 0 Å². The Labute approximate surface area is 121 Å². The average molecular weight is 279 g/mol. The Morgan fingerprint density at radius 2 is 2.20 bits per heavy atom. The van der Waals surface area contributed by atoms with Crippen LogP contribution in [-0.4, -0.2) is 25.8 Å². The zero-order valence-corrected chi connectivity index (χ0v) is 12.8. The fourth-order valence-corrected chi connectivity index (χ4v) is 2.80. The summed E-state index contributed by atoms with van der Waals surface area (Å²) in [5.74, 6) is 0.202. The third-order valence-corrected chi connectivity index (χ3v) is 3.98. The molecule has 2 nitrogen and oxygen atoms in total. The van der Waals surface area contributed by atoms with Crippen LogP contribution in [0.3, 0.4) is 0 Å². The third kappa shape index (κ3) is 4.03. The van der Waals surface area contributed by atoms with Crippen LogP contribution in [0, 0.1) is 12.7 Å². The van der Waals surface area contributed by atoms with E-state index in [9.17, 15) is 4.39 Å². The standard InChI is InChI=1S/C17H26FNO/c1-12(2)16-10-14(9-13(3)17(16)18)5-4-6-15-11-20-8-7-19-15/h9-10,12,15,19H,4-8,11H2,1-3H3/t15-/m1/s1. The second-order valence-electron chi connectivity index (χ2n) is 6.09. The lowest BCUT2D eigenvalue weighted by Gasteiger charge is -2.23. The van der Waals surface area contributed by atoms with E-state index >= 15 is 0 Å². The molecule has 1 aliphatic rings. The van der Waals surface area contributed by atoms with Crippen molar-refractivity contribution in [1.29, 1.82) is 0 Å². The summed E-state index contributed by atoms with van der Waals surface area (Å²) in [6.45, 7) is 8.56. The van der Waals surface area contributed by atoms with Crippen molar-refractivity contribution in [2.75, 3.05) is 19.8 Å². The maximum Gasteiger partial charge on any atom is 0.129 e. The van der Waals surface area contributed by atoms with E-state index in [0.29, 0.717) is 6.04 Å². The van der Waals surface area contributed by atoms with Crippen molar-refractivity contribution in [3.63, 3.8) is 0 Å². The molecule has 0 saturated carbocycles. The number of nitrogens with one attached hydrogen (secondary N) is 1. The number of hydrogen-bond acceptors (Lipinski definition) is 2. The summed E-state index contributed by atoms with van der Waals surface area (Å²) in [5.41, 5.74) is 2.87. The number of aryl methyl sites for hydroxylation is 2. The summed E-state index contributed by atoms with van der Waals surface area (Å²) in [6, 6.07) is 4.51. The van der Waals surface area contributed by atoms with E-state index in [-0.39, 0.29) is 11.7 Å². The highest BCUT2D eigenvalue weighted by molar-refractivity contribution is 5.33. The third-order valence-electron chi connectivity index (χ3n) is 3.98. The smallest absolute Gasteiger partial charge is 0.129 e. The molecule has 1 fully saturated rings. The van der Waals surface area contributed by atoms with Gasteiger partial charge in [0.1, 0.15) is 5.82 Å². The van der Waals surface area contributed by atoms with E-state index in [4.69, 9.17) is 4.74 Å². The van der Waals surface area contributed by atoms with Gasteiger partial charge in [-0.05, 0) is 48.8 Å². The Kier molecular flexibility index (Phi) is 5.55. The molecule has 0 spiro atoms. The van der Waals surface area contributed by atoms with E-state index in [1.165, 1.54) is 5.56 Å². The molecule has 20 heavy (non-hydrogen) atoms. The van der Waals surface area contributed by atoms with E-state index in [0.717, 1.165) is 50.1 Å². The van der Waals surface area contributed by atoms with Gasteiger partial charge in [-0.3, -0.25) is 0 Å². The predicted octanol–water partition coefficient (Wildman–Crippen LogP) is 3.57. The summed E-state index contributed by atoms with van der Waals surface area (Å²) in [5, 5.41) is 3.47. The molecule has 0 unspecified atom stereocenters. The number of hydrogen-bond donors (Lipinski definition) is 1. The number of ether oxygens (including phenoxy) is 1. The largest absolute Gasteiger partial charge is 0.379 e. The van der Waals surface area contributed by atoms with Crippen molar-refractivity contribution in [2.24, 2.45) is 0 Å². The van der Waals surface area contributed by atoms with Gasteiger partial charge >= 0.3 is 0 Å². The van der Waals surface area contributed by atoms with Gasteiger partial charge in [-0.15, -0.1) is 0 Å². The molecule has 0 aromatic heterocycles. The van der Waals surface area contributed by atoms with Crippen molar-refractivity contribution >= 4 is 0 Å². The average Bonchev–Trinajstić information content (AvgIpc) is 2.43. The van der Waals surface area contributed by atoms with Gasteiger partial charge in [0.25, 0.3) is 0 Å². The Morgan fingerprint density at radius 1 is 1.40 bits per heavy atom. The summed E-state index contributed by atoms with van der Waals surface area (Å²) < 4.78 is 19.5. The van der Waals surface area contributed by atoms with E-state index in [1.807, 2.05) is 32.9 Å². The minimum absolute atomic E-state index is 0.0360.